The summed E-state index contributed by atoms with van der Waals surface area (Å²) in [6.45, 7) is 3.66. The minimum absolute atomic E-state index is 0.00343. The van der Waals surface area contributed by atoms with Crippen molar-refractivity contribution >= 4 is 15.9 Å². The highest BCUT2D eigenvalue weighted by molar-refractivity contribution is 7.89. The van der Waals surface area contributed by atoms with E-state index in [1.54, 1.807) is 6.92 Å². The SMILES string of the molecule is CCNC(=O)[C@H](C)NS(=O)(=O)c1ccc(OC)c(OC)c1. The first-order valence-electron chi connectivity index (χ1n) is 6.37. The van der Waals surface area contributed by atoms with Crippen molar-refractivity contribution in [1.82, 2.24) is 10.0 Å². The summed E-state index contributed by atoms with van der Waals surface area (Å²) in [5.41, 5.74) is 0. The van der Waals surface area contributed by atoms with Gasteiger partial charge in [-0.2, -0.15) is 4.72 Å². The van der Waals surface area contributed by atoms with E-state index in [1.165, 1.54) is 39.3 Å². The number of rotatable bonds is 7. The van der Waals surface area contributed by atoms with Crippen molar-refractivity contribution in [2.45, 2.75) is 24.8 Å². The van der Waals surface area contributed by atoms with E-state index < -0.39 is 16.1 Å². The van der Waals surface area contributed by atoms with Crippen molar-refractivity contribution in [2.24, 2.45) is 0 Å². The van der Waals surface area contributed by atoms with Crippen molar-refractivity contribution in [2.75, 3.05) is 20.8 Å². The van der Waals surface area contributed by atoms with E-state index in [0.717, 1.165) is 0 Å². The van der Waals surface area contributed by atoms with Crippen LogP contribution in [0.1, 0.15) is 13.8 Å². The normalized spacial score (nSPS) is 12.6. The summed E-state index contributed by atoms with van der Waals surface area (Å²) in [6.07, 6.45) is 0. The molecule has 1 amide bonds. The van der Waals surface area contributed by atoms with Gasteiger partial charge in [0.2, 0.25) is 15.9 Å². The van der Waals surface area contributed by atoms with Crippen molar-refractivity contribution in [3.8, 4) is 11.5 Å². The molecule has 118 valence electrons. The Balaban J connectivity index is 3.00. The van der Waals surface area contributed by atoms with Crippen LogP contribution < -0.4 is 19.5 Å². The molecular formula is C13H20N2O5S. The Morgan fingerprint density at radius 3 is 2.38 bits per heavy atom. The molecule has 7 nitrogen and oxygen atoms in total. The molecule has 0 unspecified atom stereocenters. The molecule has 21 heavy (non-hydrogen) atoms. The minimum atomic E-state index is -3.83. The van der Waals surface area contributed by atoms with Crippen LogP contribution in [0.5, 0.6) is 11.5 Å². The zero-order chi connectivity index (χ0) is 16.0. The molecular weight excluding hydrogens is 296 g/mol. The van der Waals surface area contributed by atoms with Gasteiger partial charge in [-0.15, -0.1) is 0 Å². The van der Waals surface area contributed by atoms with E-state index in [9.17, 15) is 13.2 Å². The molecule has 0 aliphatic carbocycles. The lowest BCUT2D eigenvalue weighted by Gasteiger charge is -2.15. The van der Waals surface area contributed by atoms with E-state index in [2.05, 4.69) is 10.0 Å². The lowest BCUT2D eigenvalue weighted by Crippen LogP contribution is -2.44. The van der Waals surface area contributed by atoms with Crippen LogP contribution in [0, 0.1) is 0 Å². The Bertz CT molecular complexity index is 601. The van der Waals surface area contributed by atoms with Gasteiger partial charge in [0.1, 0.15) is 0 Å². The van der Waals surface area contributed by atoms with Crippen LogP contribution in [0.15, 0.2) is 23.1 Å². The number of benzene rings is 1. The van der Waals surface area contributed by atoms with Crippen LogP contribution in [0.2, 0.25) is 0 Å². The van der Waals surface area contributed by atoms with E-state index in [1.807, 2.05) is 0 Å². The van der Waals surface area contributed by atoms with Crippen molar-refractivity contribution in [1.29, 1.82) is 0 Å². The fourth-order valence-electron chi connectivity index (χ4n) is 1.67. The number of nitrogens with one attached hydrogen (secondary N) is 2. The number of carbonyl (C=O) groups is 1. The van der Waals surface area contributed by atoms with Crippen LogP contribution in [0.25, 0.3) is 0 Å². The quantitative estimate of drug-likeness (QED) is 0.764. The minimum Gasteiger partial charge on any atom is -0.493 e. The maximum atomic E-state index is 12.2. The third-order valence-electron chi connectivity index (χ3n) is 2.74. The Hall–Kier alpha value is -1.80. The van der Waals surface area contributed by atoms with Gasteiger partial charge >= 0.3 is 0 Å². The molecule has 0 radical (unpaired) electrons. The predicted octanol–water partition coefficient (Wildman–Crippen LogP) is 0.507. The molecule has 0 aliphatic heterocycles. The molecule has 2 N–H and O–H groups in total. The van der Waals surface area contributed by atoms with Gasteiger partial charge in [0.15, 0.2) is 11.5 Å². The lowest BCUT2D eigenvalue weighted by molar-refractivity contribution is -0.122. The number of hydrogen-bond donors (Lipinski definition) is 2. The molecule has 0 aliphatic rings. The zero-order valence-electron chi connectivity index (χ0n) is 12.5. The summed E-state index contributed by atoms with van der Waals surface area (Å²) >= 11 is 0. The molecule has 0 heterocycles. The van der Waals surface area contributed by atoms with Gasteiger partial charge < -0.3 is 14.8 Å². The number of methoxy groups -OCH3 is 2. The van der Waals surface area contributed by atoms with Crippen molar-refractivity contribution in [3.05, 3.63) is 18.2 Å². The van der Waals surface area contributed by atoms with Gasteiger partial charge in [0, 0.05) is 12.6 Å². The molecule has 0 saturated carbocycles. The van der Waals surface area contributed by atoms with Crippen molar-refractivity contribution < 1.29 is 22.7 Å². The molecule has 1 aromatic carbocycles. The molecule has 0 fully saturated rings. The summed E-state index contributed by atoms with van der Waals surface area (Å²) in [7, 11) is -0.951. The summed E-state index contributed by atoms with van der Waals surface area (Å²) in [4.78, 5) is 11.6. The third-order valence-corrected chi connectivity index (χ3v) is 4.28. The lowest BCUT2D eigenvalue weighted by atomic mass is 10.3. The third kappa shape index (κ3) is 4.33. The first-order valence-corrected chi connectivity index (χ1v) is 7.86. The van der Waals surface area contributed by atoms with Gasteiger partial charge in [-0.25, -0.2) is 8.42 Å². The highest BCUT2D eigenvalue weighted by Crippen LogP contribution is 2.29. The Morgan fingerprint density at radius 2 is 1.86 bits per heavy atom. The Morgan fingerprint density at radius 1 is 1.24 bits per heavy atom. The molecule has 0 spiro atoms. The van der Waals surface area contributed by atoms with Gasteiger partial charge in [0.05, 0.1) is 25.2 Å². The van der Waals surface area contributed by atoms with Gasteiger partial charge in [0.25, 0.3) is 0 Å². The number of sulfonamides is 1. The number of hydrogen-bond acceptors (Lipinski definition) is 5. The first kappa shape index (κ1) is 17.3. The number of carbonyl (C=O) groups excluding carboxylic acids is 1. The van der Waals surface area contributed by atoms with E-state index in [0.29, 0.717) is 18.0 Å². The van der Waals surface area contributed by atoms with Crippen LogP contribution in [-0.4, -0.2) is 41.1 Å². The van der Waals surface area contributed by atoms with Gasteiger partial charge in [-0.1, -0.05) is 0 Å². The monoisotopic (exact) mass is 316 g/mol. The second kappa shape index (κ2) is 7.28. The summed E-state index contributed by atoms with van der Waals surface area (Å²) in [5.74, 6) is 0.334. The summed E-state index contributed by atoms with van der Waals surface area (Å²) < 4.78 is 36.9. The highest BCUT2D eigenvalue weighted by atomic mass is 32.2. The fourth-order valence-corrected chi connectivity index (χ4v) is 2.88. The predicted molar refractivity (Wildman–Crippen MR) is 78.0 cm³/mol. The Labute approximate surface area is 124 Å². The van der Waals surface area contributed by atoms with Crippen LogP contribution in [-0.2, 0) is 14.8 Å². The van der Waals surface area contributed by atoms with E-state index in [-0.39, 0.29) is 10.8 Å². The molecule has 0 saturated heterocycles. The van der Waals surface area contributed by atoms with E-state index in [4.69, 9.17) is 9.47 Å². The molecule has 1 atom stereocenters. The zero-order valence-corrected chi connectivity index (χ0v) is 13.3. The number of amides is 1. The second-order valence-corrected chi connectivity index (χ2v) is 5.97. The van der Waals surface area contributed by atoms with Crippen molar-refractivity contribution in [3.63, 3.8) is 0 Å². The molecule has 1 rings (SSSR count). The number of likely N-dealkylation sites (N-methyl/N-ethyl adjacent to an activating group) is 1. The molecule has 0 aromatic heterocycles. The first-order chi connectivity index (χ1) is 9.85. The Kier molecular flexibility index (Phi) is 5.98. The summed E-state index contributed by atoms with van der Waals surface area (Å²) in [5, 5.41) is 2.55. The number of ether oxygens (including phenoxy) is 2. The smallest absolute Gasteiger partial charge is 0.241 e. The van der Waals surface area contributed by atoms with E-state index >= 15 is 0 Å². The molecule has 0 bridgehead atoms. The molecule has 8 heteroatoms. The fraction of sp³-hybridized carbons (Fsp3) is 0.462. The van der Waals surface area contributed by atoms with Crippen LogP contribution in [0.4, 0.5) is 0 Å². The standard InChI is InChI=1S/C13H20N2O5S/c1-5-14-13(16)9(2)15-21(17,18)10-6-7-11(19-3)12(8-10)20-4/h6-9,15H,5H2,1-4H3,(H,14,16)/t9-/m0/s1. The average molecular weight is 316 g/mol. The highest BCUT2D eigenvalue weighted by Gasteiger charge is 2.22. The van der Waals surface area contributed by atoms with Crippen LogP contribution >= 0.6 is 0 Å². The summed E-state index contributed by atoms with van der Waals surface area (Å²) in [6, 6.07) is 3.34. The molecule has 1 aromatic rings. The van der Waals surface area contributed by atoms with Gasteiger partial charge in [-0.3, -0.25) is 4.79 Å². The maximum Gasteiger partial charge on any atom is 0.241 e. The van der Waals surface area contributed by atoms with Gasteiger partial charge in [-0.05, 0) is 26.0 Å². The topological polar surface area (TPSA) is 93.7 Å². The second-order valence-electron chi connectivity index (χ2n) is 4.25. The largest absolute Gasteiger partial charge is 0.493 e. The maximum absolute atomic E-state index is 12.2. The van der Waals surface area contributed by atoms with Crippen LogP contribution in [0.3, 0.4) is 0 Å². The average Bonchev–Trinajstić information content (AvgIpc) is 2.46.